The molecule has 14 heavy (non-hydrogen) atoms. The molecule has 0 unspecified atom stereocenters. The predicted octanol–water partition coefficient (Wildman–Crippen LogP) is 3.19. The lowest BCUT2D eigenvalue weighted by molar-refractivity contribution is -0.137. The maximum atomic E-state index is 12.3. The van der Waals surface area contributed by atoms with Gasteiger partial charge in [-0.1, -0.05) is 0 Å². The van der Waals surface area contributed by atoms with Gasteiger partial charge < -0.3 is 5.32 Å². The van der Waals surface area contributed by atoms with E-state index >= 15 is 0 Å². The zero-order valence-electron chi connectivity index (χ0n) is 7.40. The van der Waals surface area contributed by atoms with Gasteiger partial charge in [-0.15, -0.1) is 11.3 Å². The van der Waals surface area contributed by atoms with Gasteiger partial charge in [0, 0.05) is 16.3 Å². The first kappa shape index (κ1) is 9.98. The molecule has 1 N–H and O–H groups in total. The molecule has 2 rings (SSSR count). The van der Waals surface area contributed by atoms with Crippen molar-refractivity contribution < 1.29 is 13.2 Å². The second kappa shape index (κ2) is 3.55. The third-order valence-corrected chi connectivity index (χ3v) is 3.40. The minimum absolute atomic E-state index is 0.135. The van der Waals surface area contributed by atoms with Gasteiger partial charge in [0.25, 0.3) is 0 Å². The van der Waals surface area contributed by atoms with Crippen LogP contribution in [0, 0.1) is 0 Å². The van der Waals surface area contributed by atoms with Gasteiger partial charge in [0.2, 0.25) is 0 Å². The second-order valence-electron chi connectivity index (χ2n) is 3.38. The molecule has 2 heterocycles. The van der Waals surface area contributed by atoms with Crippen LogP contribution in [0.3, 0.4) is 0 Å². The lowest BCUT2D eigenvalue weighted by Crippen LogP contribution is -2.11. The van der Waals surface area contributed by atoms with Crippen molar-refractivity contribution >= 4 is 11.3 Å². The molecule has 0 bridgehead atoms. The first-order valence-electron chi connectivity index (χ1n) is 4.46. The van der Waals surface area contributed by atoms with Gasteiger partial charge in [-0.05, 0) is 25.5 Å². The van der Waals surface area contributed by atoms with Crippen LogP contribution in [0.4, 0.5) is 13.2 Å². The van der Waals surface area contributed by atoms with E-state index in [0.717, 1.165) is 24.3 Å². The van der Waals surface area contributed by atoms with Crippen LogP contribution in [-0.4, -0.2) is 6.54 Å². The number of alkyl halides is 3. The summed E-state index contributed by atoms with van der Waals surface area (Å²) in [5, 5.41) is 4.37. The third kappa shape index (κ3) is 1.93. The molecule has 1 aliphatic rings. The predicted molar refractivity (Wildman–Crippen MR) is 49.3 cm³/mol. The monoisotopic (exact) mass is 221 g/mol. The summed E-state index contributed by atoms with van der Waals surface area (Å²) in [6, 6.07) is 1.39. The SMILES string of the molecule is FC(F)(F)c1csc([C@H]2CCCN2)c1. The maximum Gasteiger partial charge on any atom is 0.417 e. The van der Waals surface area contributed by atoms with Crippen molar-refractivity contribution in [3.63, 3.8) is 0 Å². The molecule has 78 valence electrons. The maximum absolute atomic E-state index is 12.3. The van der Waals surface area contributed by atoms with Crippen molar-refractivity contribution in [3.05, 3.63) is 21.9 Å². The van der Waals surface area contributed by atoms with E-state index in [2.05, 4.69) is 5.32 Å². The Balaban J connectivity index is 2.17. The molecule has 1 aromatic rings. The van der Waals surface area contributed by atoms with Gasteiger partial charge in [-0.2, -0.15) is 13.2 Å². The molecule has 0 spiro atoms. The van der Waals surface area contributed by atoms with E-state index in [1.54, 1.807) is 0 Å². The van der Waals surface area contributed by atoms with Crippen LogP contribution in [0.1, 0.15) is 29.3 Å². The highest BCUT2D eigenvalue weighted by Crippen LogP contribution is 2.36. The summed E-state index contributed by atoms with van der Waals surface area (Å²) in [6.45, 7) is 0.907. The molecule has 0 aromatic carbocycles. The fourth-order valence-corrected chi connectivity index (χ4v) is 2.64. The number of rotatable bonds is 1. The zero-order chi connectivity index (χ0) is 10.2. The van der Waals surface area contributed by atoms with E-state index in [1.807, 2.05) is 0 Å². The number of nitrogens with one attached hydrogen (secondary N) is 1. The molecular weight excluding hydrogens is 211 g/mol. The quantitative estimate of drug-likeness (QED) is 0.768. The molecule has 1 aliphatic heterocycles. The van der Waals surface area contributed by atoms with E-state index < -0.39 is 11.7 Å². The van der Waals surface area contributed by atoms with Crippen LogP contribution in [0.2, 0.25) is 0 Å². The first-order valence-corrected chi connectivity index (χ1v) is 5.34. The van der Waals surface area contributed by atoms with Crippen LogP contribution in [0.25, 0.3) is 0 Å². The van der Waals surface area contributed by atoms with Crippen LogP contribution in [0.15, 0.2) is 11.4 Å². The van der Waals surface area contributed by atoms with Gasteiger partial charge in [0.1, 0.15) is 0 Å². The molecule has 0 aliphatic carbocycles. The topological polar surface area (TPSA) is 12.0 Å². The molecule has 5 heteroatoms. The summed E-state index contributed by atoms with van der Waals surface area (Å²) >= 11 is 1.19. The minimum atomic E-state index is -4.20. The molecular formula is C9H10F3NS. The summed E-state index contributed by atoms with van der Waals surface area (Å²) in [5.41, 5.74) is -0.522. The van der Waals surface area contributed by atoms with Gasteiger partial charge in [-0.3, -0.25) is 0 Å². The average molecular weight is 221 g/mol. The van der Waals surface area contributed by atoms with Gasteiger partial charge >= 0.3 is 6.18 Å². The molecule has 1 fully saturated rings. The van der Waals surface area contributed by atoms with Crippen LogP contribution >= 0.6 is 11.3 Å². The first-order chi connectivity index (χ1) is 6.57. The summed E-state index contributed by atoms with van der Waals surface area (Å²) in [7, 11) is 0. The van der Waals surface area contributed by atoms with Crippen molar-refractivity contribution in [2.45, 2.75) is 25.1 Å². The molecule has 1 atom stereocenters. The molecule has 1 saturated heterocycles. The highest BCUT2D eigenvalue weighted by molar-refractivity contribution is 7.10. The summed E-state index contributed by atoms with van der Waals surface area (Å²) in [6.07, 6.45) is -2.21. The Hall–Kier alpha value is -0.550. The smallest absolute Gasteiger partial charge is 0.309 e. The molecule has 1 aromatic heterocycles. The summed E-state index contributed by atoms with van der Waals surface area (Å²) < 4.78 is 36.8. The fraction of sp³-hybridized carbons (Fsp3) is 0.556. The van der Waals surface area contributed by atoms with E-state index in [1.165, 1.54) is 22.8 Å². The van der Waals surface area contributed by atoms with Crippen molar-refractivity contribution in [1.82, 2.24) is 5.32 Å². The fourth-order valence-electron chi connectivity index (χ4n) is 1.61. The lowest BCUT2D eigenvalue weighted by atomic mass is 10.2. The van der Waals surface area contributed by atoms with Crippen LogP contribution in [-0.2, 0) is 6.18 Å². The Morgan fingerprint density at radius 2 is 2.21 bits per heavy atom. The number of hydrogen-bond donors (Lipinski definition) is 1. The number of thiophene rings is 1. The Labute approximate surface area is 83.9 Å². The van der Waals surface area contributed by atoms with E-state index in [9.17, 15) is 13.2 Å². The molecule has 0 radical (unpaired) electrons. The normalized spacial score (nSPS) is 22.9. The minimum Gasteiger partial charge on any atom is -0.309 e. The van der Waals surface area contributed by atoms with E-state index in [-0.39, 0.29) is 6.04 Å². The summed E-state index contributed by atoms with van der Waals surface area (Å²) in [4.78, 5) is 0.801. The van der Waals surface area contributed by atoms with Crippen molar-refractivity contribution in [3.8, 4) is 0 Å². The number of hydrogen-bond acceptors (Lipinski definition) is 2. The lowest BCUT2D eigenvalue weighted by Gasteiger charge is -2.06. The largest absolute Gasteiger partial charge is 0.417 e. The van der Waals surface area contributed by atoms with Crippen molar-refractivity contribution in [1.29, 1.82) is 0 Å². The van der Waals surface area contributed by atoms with E-state index in [0.29, 0.717) is 0 Å². The van der Waals surface area contributed by atoms with Gasteiger partial charge in [-0.25, -0.2) is 0 Å². The summed E-state index contributed by atoms with van der Waals surface area (Å²) in [5.74, 6) is 0. The van der Waals surface area contributed by atoms with E-state index in [4.69, 9.17) is 0 Å². The van der Waals surface area contributed by atoms with Crippen molar-refractivity contribution in [2.24, 2.45) is 0 Å². The van der Waals surface area contributed by atoms with Crippen molar-refractivity contribution in [2.75, 3.05) is 6.54 Å². The Morgan fingerprint density at radius 1 is 1.43 bits per heavy atom. The Kier molecular flexibility index (Phi) is 2.53. The van der Waals surface area contributed by atoms with Gasteiger partial charge in [0.15, 0.2) is 0 Å². The second-order valence-corrected chi connectivity index (χ2v) is 4.33. The highest BCUT2D eigenvalue weighted by atomic mass is 32.1. The molecule has 0 amide bonds. The molecule has 1 nitrogen and oxygen atoms in total. The molecule has 0 saturated carbocycles. The Bertz CT molecular complexity index is 312. The van der Waals surface area contributed by atoms with Crippen LogP contribution in [0.5, 0.6) is 0 Å². The highest BCUT2D eigenvalue weighted by Gasteiger charge is 2.32. The standard InChI is InChI=1S/C9H10F3NS/c10-9(11,12)6-4-8(14-5-6)7-2-1-3-13-7/h4-5,7,13H,1-3H2/t7-/m1/s1. The zero-order valence-corrected chi connectivity index (χ0v) is 8.21. The number of halogens is 3. The Morgan fingerprint density at radius 3 is 2.71 bits per heavy atom. The third-order valence-electron chi connectivity index (χ3n) is 2.35. The van der Waals surface area contributed by atoms with Crippen LogP contribution < -0.4 is 5.32 Å². The van der Waals surface area contributed by atoms with Gasteiger partial charge in [0.05, 0.1) is 5.56 Å². The average Bonchev–Trinajstić information content (AvgIpc) is 2.73.